The fourth-order valence-electron chi connectivity index (χ4n) is 3.82. The van der Waals surface area contributed by atoms with E-state index in [1.807, 2.05) is 49.1 Å². The zero-order valence-electron chi connectivity index (χ0n) is 19.4. The summed E-state index contributed by atoms with van der Waals surface area (Å²) >= 11 is 0. The van der Waals surface area contributed by atoms with E-state index in [1.165, 1.54) is 16.4 Å². The zero-order valence-corrected chi connectivity index (χ0v) is 20.2. The fraction of sp³-hybridized carbons (Fsp3) is 0.400. The molecule has 1 heterocycles. The van der Waals surface area contributed by atoms with Gasteiger partial charge in [-0.05, 0) is 41.8 Å². The Morgan fingerprint density at radius 1 is 1.09 bits per heavy atom. The van der Waals surface area contributed by atoms with Crippen LogP contribution < -0.4 is 10.2 Å². The van der Waals surface area contributed by atoms with Crippen LogP contribution in [0.4, 0.5) is 14.9 Å². The molecule has 1 aliphatic heterocycles. The highest BCUT2D eigenvalue weighted by molar-refractivity contribution is 7.89. The van der Waals surface area contributed by atoms with E-state index in [9.17, 15) is 22.7 Å². The van der Waals surface area contributed by atoms with Gasteiger partial charge in [0.1, 0.15) is 5.82 Å². The molecule has 7 nitrogen and oxygen atoms in total. The molecule has 1 unspecified atom stereocenters. The molecular formula is C25H30FN3O4S. The molecule has 0 saturated carbocycles. The van der Waals surface area contributed by atoms with E-state index < -0.39 is 27.6 Å². The fourth-order valence-corrected chi connectivity index (χ4v) is 5.71. The van der Waals surface area contributed by atoms with Crippen LogP contribution in [0.15, 0.2) is 54.6 Å². The minimum Gasteiger partial charge on any atom is -0.465 e. The van der Waals surface area contributed by atoms with Crippen molar-refractivity contribution in [3.63, 3.8) is 0 Å². The van der Waals surface area contributed by atoms with E-state index in [0.717, 1.165) is 11.3 Å². The highest BCUT2D eigenvalue weighted by Gasteiger charge is 2.37. The lowest BCUT2D eigenvalue weighted by molar-refractivity contribution is 0.175. The minimum absolute atomic E-state index is 0.272. The molecule has 0 bridgehead atoms. The largest absolute Gasteiger partial charge is 0.465 e. The minimum atomic E-state index is -3.73. The highest BCUT2D eigenvalue weighted by atomic mass is 32.2. The second-order valence-corrected chi connectivity index (χ2v) is 11.0. The maximum Gasteiger partial charge on any atom is 0.404 e. The number of carboxylic acid groups (broad SMARTS) is 1. The summed E-state index contributed by atoms with van der Waals surface area (Å²) in [6, 6.07) is 14.7. The summed E-state index contributed by atoms with van der Waals surface area (Å²) in [7, 11) is -3.73. The molecule has 9 heteroatoms. The molecule has 1 saturated heterocycles. The number of nitrogens with zero attached hydrogens (tertiary/aromatic N) is 2. The molecule has 1 atom stereocenters. The van der Waals surface area contributed by atoms with E-state index in [0.29, 0.717) is 19.5 Å². The first-order valence-corrected chi connectivity index (χ1v) is 12.7. The van der Waals surface area contributed by atoms with Gasteiger partial charge in [-0.3, -0.25) is 0 Å². The van der Waals surface area contributed by atoms with Crippen LogP contribution in [-0.2, 0) is 10.0 Å². The standard InChI is InChI=1S/C25H30FN3O4S/c1-25(2,14-6-9-20-7-4-3-5-8-20)23(27-24(30)31)19-34(32,33)29-17-15-28(16-18-29)22-12-10-21(26)11-13-22/h3-5,7-8,10-13,23,27H,14-19H2,1-2H3,(H,30,31). The summed E-state index contributed by atoms with van der Waals surface area (Å²) in [5, 5.41) is 11.8. The molecule has 1 fully saturated rings. The van der Waals surface area contributed by atoms with Gasteiger partial charge in [0.15, 0.2) is 0 Å². The number of halogens is 1. The predicted octanol–water partition coefficient (Wildman–Crippen LogP) is 3.38. The summed E-state index contributed by atoms with van der Waals surface area (Å²) in [6.45, 7) is 5.10. The van der Waals surface area contributed by atoms with Gasteiger partial charge >= 0.3 is 6.09 Å². The summed E-state index contributed by atoms with van der Waals surface area (Å²) in [4.78, 5) is 13.5. The van der Waals surface area contributed by atoms with Crippen molar-refractivity contribution in [1.82, 2.24) is 9.62 Å². The average molecular weight is 488 g/mol. The van der Waals surface area contributed by atoms with E-state index in [2.05, 4.69) is 17.2 Å². The second-order valence-electron chi connectivity index (χ2n) is 8.98. The number of amides is 1. The third-order valence-corrected chi connectivity index (χ3v) is 7.90. The van der Waals surface area contributed by atoms with Crippen LogP contribution >= 0.6 is 0 Å². The smallest absolute Gasteiger partial charge is 0.404 e. The normalized spacial score (nSPS) is 15.8. The molecule has 0 radical (unpaired) electrons. The Kier molecular flexibility index (Phi) is 8.18. The average Bonchev–Trinajstić information content (AvgIpc) is 2.79. The molecule has 3 rings (SSSR count). The number of anilines is 1. The van der Waals surface area contributed by atoms with Crippen molar-refractivity contribution in [2.45, 2.75) is 26.3 Å². The maximum atomic E-state index is 13.2. The molecule has 2 aromatic rings. The molecule has 0 aromatic heterocycles. The lowest BCUT2D eigenvalue weighted by Crippen LogP contribution is -2.54. The van der Waals surface area contributed by atoms with Crippen molar-refractivity contribution in [2.75, 3.05) is 36.8 Å². The molecule has 0 aliphatic carbocycles. The second kappa shape index (κ2) is 10.9. The number of piperazine rings is 1. The Bertz CT molecular complexity index is 1130. The number of sulfonamides is 1. The van der Waals surface area contributed by atoms with Gasteiger partial charge in [-0.25, -0.2) is 17.6 Å². The first-order valence-electron chi connectivity index (χ1n) is 11.1. The van der Waals surface area contributed by atoms with Crippen molar-refractivity contribution < 1.29 is 22.7 Å². The van der Waals surface area contributed by atoms with Gasteiger partial charge < -0.3 is 15.3 Å². The van der Waals surface area contributed by atoms with Crippen LogP contribution in [0.2, 0.25) is 0 Å². The molecule has 1 aliphatic rings. The molecule has 34 heavy (non-hydrogen) atoms. The summed E-state index contributed by atoms with van der Waals surface area (Å²) < 4.78 is 41.0. The number of hydrogen-bond acceptors (Lipinski definition) is 4. The first-order chi connectivity index (χ1) is 16.1. The van der Waals surface area contributed by atoms with Crippen LogP contribution in [0.3, 0.4) is 0 Å². The van der Waals surface area contributed by atoms with E-state index in [1.54, 1.807) is 12.1 Å². The molecule has 0 spiro atoms. The van der Waals surface area contributed by atoms with Crippen molar-refractivity contribution in [3.05, 3.63) is 66.0 Å². The van der Waals surface area contributed by atoms with Crippen LogP contribution in [0, 0.1) is 23.1 Å². The summed E-state index contributed by atoms with van der Waals surface area (Å²) in [6.07, 6.45) is -0.953. The summed E-state index contributed by atoms with van der Waals surface area (Å²) in [5.74, 6) is 5.44. The van der Waals surface area contributed by atoms with Crippen molar-refractivity contribution in [1.29, 1.82) is 0 Å². The lowest BCUT2D eigenvalue weighted by Gasteiger charge is -2.38. The lowest BCUT2D eigenvalue weighted by atomic mass is 9.82. The monoisotopic (exact) mass is 487 g/mol. The number of carbonyl (C=O) groups is 1. The number of nitrogens with one attached hydrogen (secondary N) is 1. The van der Waals surface area contributed by atoms with Crippen molar-refractivity contribution in [2.24, 2.45) is 5.41 Å². The van der Waals surface area contributed by atoms with Crippen molar-refractivity contribution in [3.8, 4) is 11.8 Å². The van der Waals surface area contributed by atoms with Gasteiger partial charge in [-0.15, -0.1) is 0 Å². The Morgan fingerprint density at radius 2 is 1.71 bits per heavy atom. The highest BCUT2D eigenvalue weighted by Crippen LogP contribution is 2.27. The SMILES string of the molecule is CC(C)(CC#Cc1ccccc1)C(CS(=O)(=O)N1CCN(c2ccc(F)cc2)CC1)NC(=O)O. The van der Waals surface area contributed by atoms with Gasteiger partial charge in [0.05, 0.1) is 11.8 Å². The Morgan fingerprint density at radius 3 is 2.29 bits per heavy atom. The van der Waals surface area contributed by atoms with Gasteiger partial charge in [0, 0.05) is 43.9 Å². The Labute approximate surface area is 200 Å². The predicted molar refractivity (Wildman–Crippen MR) is 131 cm³/mol. The van der Waals surface area contributed by atoms with Gasteiger partial charge in [-0.2, -0.15) is 4.31 Å². The quantitative estimate of drug-likeness (QED) is 0.585. The third-order valence-electron chi connectivity index (χ3n) is 5.99. The van der Waals surface area contributed by atoms with Gasteiger partial charge in [-0.1, -0.05) is 43.9 Å². The summed E-state index contributed by atoms with van der Waals surface area (Å²) in [5.41, 5.74) is 0.957. The van der Waals surface area contributed by atoms with Crippen LogP contribution in [-0.4, -0.2) is 61.9 Å². The van der Waals surface area contributed by atoms with E-state index >= 15 is 0 Å². The Hall–Kier alpha value is -3.09. The Balaban J connectivity index is 1.66. The first kappa shape index (κ1) is 25.5. The molecule has 2 aromatic carbocycles. The van der Waals surface area contributed by atoms with Crippen LogP contribution in [0.5, 0.6) is 0 Å². The van der Waals surface area contributed by atoms with Crippen LogP contribution in [0.1, 0.15) is 25.8 Å². The van der Waals surface area contributed by atoms with Crippen molar-refractivity contribution >= 4 is 21.8 Å². The molecule has 2 N–H and O–H groups in total. The third kappa shape index (κ3) is 6.95. The van der Waals surface area contributed by atoms with E-state index in [4.69, 9.17) is 0 Å². The molecule has 1 amide bonds. The molecular weight excluding hydrogens is 457 g/mol. The van der Waals surface area contributed by atoms with Gasteiger partial charge in [0.2, 0.25) is 10.0 Å². The van der Waals surface area contributed by atoms with E-state index in [-0.39, 0.29) is 24.7 Å². The maximum absolute atomic E-state index is 13.2. The topological polar surface area (TPSA) is 90.0 Å². The number of rotatable bonds is 7. The number of hydrogen-bond donors (Lipinski definition) is 2. The zero-order chi connectivity index (χ0) is 24.8. The number of benzene rings is 2. The molecule has 182 valence electrons. The van der Waals surface area contributed by atoms with Crippen LogP contribution in [0.25, 0.3) is 0 Å². The van der Waals surface area contributed by atoms with Gasteiger partial charge in [0.25, 0.3) is 0 Å².